The molecule has 2 amide bonds. The van der Waals surface area contributed by atoms with Gasteiger partial charge >= 0.3 is 0 Å². The molecule has 1 saturated heterocycles. The van der Waals surface area contributed by atoms with Crippen molar-refractivity contribution in [1.29, 1.82) is 0 Å². The molecule has 1 fully saturated rings. The van der Waals surface area contributed by atoms with Crippen LogP contribution in [0.5, 0.6) is 0 Å². The Morgan fingerprint density at radius 2 is 1.66 bits per heavy atom. The lowest BCUT2D eigenvalue weighted by atomic mass is 10.2. The van der Waals surface area contributed by atoms with Gasteiger partial charge in [-0.25, -0.2) is 8.42 Å². The van der Waals surface area contributed by atoms with Gasteiger partial charge in [0.25, 0.3) is 15.9 Å². The van der Waals surface area contributed by atoms with Gasteiger partial charge in [0.2, 0.25) is 5.91 Å². The number of nitrogens with zero attached hydrogens (tertiary/aromatic N) is 3. The summed E-state index contributed by atoms with van der Waals surface area (Å²) >= 11 is 0. The Morgan fingerprint density at radius 1 is 0.969 bits per heavy atom. The van der Waals surface area contributed by atoms with Crippen molar-refractivity contribution in [3.05, 3.63) is 65.9 Å². The summed E-state index contributed by atoms with van der Waals surface area (Å²) in [6.07, 6.45) is 0. The van der Waals surface area contributed by atoms with Crippen molar-refractivity contribution >= 4 is 38.6 Å². The number of nitrogens with one attached hydrogen (secondary N) is 1. The molecule has 5 rings (SSSR count). The molecule has 0 unspecified atom stereocenters. The monoisotopic (exact) mass is 452 g/mol. The molecule has 32 heavy (non-hydrogen) atoms. The van der Waals surface area contributed by atoms with Gasteiger partial charge in [0, 0.05) is 37.1 Å². The van der Waals surface area contributed by atoms with Crippen molar-refractivity contribution in [3.8, 4) is 0 Å². The molecule has 0 atom stereocenters. The molecule has 2 aromatic carbocycles. The predicted octanol–water partition coefficient (Wildman–Crippen LogP) is 1.46. The molecule has 0 bridgehead atoms. The second-order valence-corrected chi connectivity index (χ2v) is 9.24. The molecule has 0 spiro atoms. The number of benzene rings is 2. The molecule has 164 valence electrons. The number of hydrogen-bond donors (Lipinski definition) is 1. The first-order valence-corrected chi connectivity index (χ1v) is 11.6. The van der Waals surface area contributed by atoms with Crippen LogP contribution in [0.3, 0.4) is 0 Å². The summed E-state index contributed by atoms with van der Waals surface area (Å²) in [6, 6.07) is 15.7. The summed E-state index contributed by atoms with van der Waals surface area (Å²) in [6.45, 7) is 1.33. The van der Waals surface area contributed by atoms with E-state index in [1.807, 2.05) is 24.3 Å². The van der Waals surface area contributed by atoms with Gasteiger partial charge < -0.3 is 14.2 Å². The molecule has 9 nitrogen and oxygen atoms in total. The van der Waals surface area contributed by atoms with Gasteiger partial charge in [0.15, 0.2) is 5.76 Å². The zero-order valence-corrected chi connectivity index (χ0v) is 17.8. The highest BCUT2D eigenvalue weighted by Gasteiger charge is 2.31. The lowest BCUT2D eigenvalue weighted by molar-refractivity contribution is -0.131. The molecular weight excluding hydrogens is 432 g/mol. The number of sulfonamides is 1. The summed E-state index contributed by atoms with van der Waals surface area (Å²) in [7, 11) is -3.64. The molecule has 0 radical (unpaired) electrons. The van der Waals surface area contributed by atoms with Gasteiger partial charge in [-0.1, -0.05) is 30.3 Å². The Morgan fingerprint density at radius 3 is 2.44 bits per heavy atom. The average molecular weight is 452 g/mol. The SMILES string of the molecule is O=C(CN=C1NS(=O)(=O)c2ccccc21)N1CCN(C(=O)c2cc3ccccc3o2)CC1. The highest BCUT2D eigenvalue weighted by molar-refractivity contribution is 7.90. The van der Waals surface area contributed by atoms with Gasteiger partial charge in [-0.15, -0.1) is 0 Å². The highest BCUT2D eigenvalue weighted by Crippen LogP contribution is 2.23. The number of carbonyl (C=O) groups excluding carboxylic acids is 2. The third-order valence-corrected chi connectivity index (χ3v) is 6.99. The van der Waals surface area contributed by atoms with Crippen molar-refractivity contribution in [2.75, 3.05) is 32.7 Å². The number of carbonyl (C=O) groups is 2. The fourth-order valence-electron chi connectivity index (χ4n) is 3.90. The Bertz CT molecular complexity index is 1320. The van der Waals surface area contributed by atoms with Crippen LogP contribution in [0.2, 0.25) is 0 Å². The zero-order valence-electron chi connectivity index (χ0n) is 17.0. The molecule has 3 heterocycles. The van der Waals surface area contributed by atoms with E-state index >= 15 is 0 Å². The Kier molecular flexibility index (Phi) is 4.93. The van der Waals surface area contributed by atoms with Crippen LogP contribution in [0.15, 0.2) is 68.9 Å². The number of piperazine rings is 1. The maximum Gasteiger partial charge on any atom is 0.289 e. The summed E-state index contributed by atoms with van der Waals surface area (Å²) in [5, 5.41) is 0.868. The van der Waals surface area contributed by atoms with E-state index in [-0.39, 0.29) is 34.9 Å². The molecule has 2 aliphatic heterocycles. The number of para-hydroxylation sites is 1. The fourth-order valence-corrected chi connectivity index (χ4v) is 5.15. The first-order valence-electron chi connectivity index (χ1n) is 10.1. The van der Waals surface area contributed by atoms with Crippen LogP contribution in [0.4, 0.5) is 0 Å². The van der Waals surface area contributed by atoms with Crippen molar-refractivity contribution in [2.45, 2.75) is 4.90 Å². The number of amides is 2. The zero-order chi connectivity index (χ0) is 22.3. The number of aliphatic imine (C=N–C) groups is 1. The van der Waals surface area contributed by atoms with Crippen LogP contribution in [-0.4, -0.2) is 68.6 Å². The van der Waals surface area contributed by atoms with E-state index in [0.29, 0.717) is 37.3 Å². The number of furan rings is 1. The van der Waals surface area contributed by atoms with Crippen LogP contribution >= 0.6 is 0 Å². The second kappa shape index (κ2) is 7.79. The van der Waals surface area contributed by atoms with E-state index in [4.69, 9.17) is 4.42 Å². The second-order valence-electron chi connectivity index (χ2n) is 7.59. The van der Waals surface area contributed by atoms with Crippen LogP contribution in [0.25, 0.3) is 11.0 Å². The minimum Gasteiger partial charge on any atom is -0.451 e. The summed E-state index contributed by atoms with van der Waals surface area (Å²) in [5.41, 5.74) is 1.12. The van der Waals surface area contributed by atoms with Gasteiger partial charge in [-0.05, 0) is 24.3 Å². The summed E-state index contributed by atoms with van der Waals surface area (Å²) in [5.74, 6) is 0.0274. The lowest BCUT2D eigenvalue weighted by Gasteiger charge is -2.34. The molecule has 0 saturated carbocycles. The minimum absolute atomic E-state index is 0.156. The summed E-state index contributed by atoms with van der Waals surface area (Å²) in [4.78, 5) is 33.0. The largest absolute Gasteiger partial charge is 0.451 e. The molecule has 0 aliphatic carbocycles. The van der Waals surface area contributed by atoms with E-state index in [1.54, 1.807) is 34.1 Å². The van der Waals surface area contributed by atoms with E-state index in [1.165, 1.54) is 6.07 Å². The van der Waals surface area contributed by atoms with Gasteiger partial charge in [-0.2, -0.15) is 0 Å². The van der Waals surface area contributed by atoms with Gasteiger partial charge in [0.1, 0.15) is 18.0 Å². The Hall–Kier alpha value is -3.66. The van der Waals surface area contributed by atoms with E-state index in [9.17, 15) is 18.0 Å². The highest BCUT2D eigenvalue weighted by atomic mass is 32.2. The normalized spacial score (nSPS) is 18.6. The van der Waals surface area contributed by atoms with E-state index in [0.717, 1.165) is 5.39 Å². The van der Waals surface area contributed by atoms with Crippen LogP contribution < -0.4 is 4.72 Å². The molecule has 1 N–H and O–H groups in total. The standard InChI is InChI=1S/C22H20N4O5S/c27-20(14-23-21-16-6-2-4-8-19(16)32(29,30)24-21)25-9-11-26(12-10-25)22(28)18-13-15-5-1-3-7-17(15)31-18/h1-8,13H,9-12,14H2,(H,23,24). The minimum atomic E-state index is -3.64. The molecular formula is C22H20N4O5S. The molecule has 1 aromatic heterocycles. The summed E-state index contributed by atoms with van der Waals surface area (Å²) < 4.78 is 32.3. The van der Waals surface area contributed by atoms with E-state index < -0.39 is 10.0 Å². The third-order valence-electron chi connectivity index (χ3n) is 5.59. The quantitative estimate of drug-likeness (QED) is 0.647. The van der Waals surface area contributed by atoms with Gasteiger partial charge in [0.05, 0.1) is 4.90 Å². The number of hydrogen-bond acceptors (Lipinski definition) is 6. The van der Waals surface area contributed by atoms with Crippen molar-refractivity contribution in [3.63, 3.8) is 0 Å². The van der Waals surface area contributed by atoms with Crippen molar-refractivity contribution < 1.29 is 22.4 Å². The maximum atomic E-state index is 12.8. The van der Waals surface area contributed by atoms with Gasteiger partial charge in [-0.3, -0.25) is 19.3 Å². The molecule has 3 aromatic rings. The maximum absolute atomic E-state index is 12.8. The third kappa shape index (κ3) is 3.62. The Balaban J connectivity index is 1.21. The number of amidine groups is 1. The topological polar surface area (TPSA) is 112 Å². The molecule has 2 aliphatic rings. The number of fused-ring (bicyclic) bond motifs is 2. The predicted molar refractivity (Wildman–Crippen MR) is 117 cm³/mol. The van der Waals surface area contributed by atoms with Crippen LogP contribution in [0.1, 0.15) is 16.1 Å². The number of rotatable bonds is 3. The first-order chi connectivity index (χ1) is 15.4. The lowest BCUT2D eigenvalue weighted by Crippen LogP contribution is -2.51. The van der Waals surface area contributed by atoms with Crippen LogP contribution in [-0.2, 0) is 14.8 Å². The Labute approximate surface area is 184 Å². The average Bonchev–Trinajstić information content (AvgIpc) is 3.36. The first kappa shape index (κ1) is 20.3. The van der Waals surface area contributed by atoms with Crippen molar-refractivity contribution in [1.82, 2.24) is 14.5 Å². The van der Waals surface area contributed by atoms with E-state index in [2.05, 4.69) is 9.71 Å². The molecule has 10 heteroatoms. The fraction of sp³-hybridized carbons (Fsp3) is 0.227. The smallest absolute Gasteiger partial charge is 0.289 e. The van der Waals surface area contributed by atoms with Crippen LogP contribution in [0, 0.1) is 0 Å². The van der Waals surface area contributed by atoms with Crippen molar-refractivity contribution in [2.24, 2.45) is 4.99 Å².